The van der Waals surface area contributed by atoms with Crippen molar-refractivity contribution in [2.24, 2.45) is 0 Å². The van der Waals surface area contributed by atoms with Crippen LogP contribution in [0.25, 0.3) is 0 Å². The van der Waals surface area contributed by atoms with Gasteiger partial charge in [0, 0.05) is 27.3 Å². The lowest BCUT2D eigenvalue weighted by Gasteiger charge is -2.14. The van der Waals surface area contributed by atoms with Crippen molar-refractivity contribution in [2.45, 2.75) is 13.2 Å². The SMILES string of the molecule is Fc1cccc(COc2ccc(Cl)cc2CNc2ccc(Br)c(Cl)c2)c1. The van der Waals surface area contributed by atoms with Crippen molar-refractivity contribution < 1.29 is 9.13 Å². The van der Waals surface area contributed by atoms with E-state index in [-0.39, 0.29) is 12.4 Å². The third kappa shape index (κ3) is 5.13. The molecule has 0 bridgehead atoms. The van der Waals surface area contributed by atoms with Gasteiger partial charge >= 0.3 is 0 Å². The Balaban J connectivity index is 1.71. The van der Waals surface area contributed by atoms with Gasteiger partial charge in [0.2, 0.25) is 0 Å². The van der Waals surface area contributed by atoms with Crippen LogP contribution in [0.3, 0.4) is 0 Å². The predicted octanol–water partition coefficient (Wildman–Crippen LogP) is 7.09. The van der Waals surface area contributed by atoms with Gasteiger partial charge in [0.05, 0.1) is 5.02 Å². The van der Waals surface area contributed by atoms with E-state index < -0.39 is 0 Å². The Morgan fingerprint density at radius 2 is 1.85 bits per heavy atom. The quantitative estimate of drug-likeness (QED) is 0.429. The summed E-state index contributed by atoms with van der Waals surface area (Å²) in [5, 5.41) is 4.55. The molecular formula is C20H15BrCl2FNO. The second-order valence-corrected chi connectivity index (χ2v) is 7.35. The van der Waals surface area contributed by atoms with Crippen LogP contribution in [0.15, 0.2) is 65.1 Å². The number of halogens is 4. The van der Waals surface area contributed by atoms with Crippen molar-refractivity contribution in [2.75, 3.05) is 5.32 Å². The molecule has 1 N–H and O–H groups in total. The van der Waals surface area contributed by atoms with E-state index in [1.807, 2.05) is 36.4 Å². The molecule has 0 saturated carbocycles. The van der Waals surface area contributed by atoms with E-state index in [9.17, 15) is 4.39 Å². The Morgan fingerprint density at radius 1 is 1.00 bits per heavy atom. The second kappa shape index (κ2) is 8.76. The minimum absolute atomic E-state index is 0.274. The molecule has 0 atom stereocenters. The molecule has 0 spiro atoms. The van der Waals surface area contributed by atoms with Gasteiger partial charge in [0.25, 0.3) is 0 Å². The maximum atomic E-state index is 13.3. The van der Waals surface area contributed by atoms with Crippen LogP contribution in [-0.2, 0) is 13.2 Å². The zero-order chi connectivity index (χ0) is 18.5. The largest absolute Gasteiger partial charge is 0.489 e. The first-order valence-corrected chi connectivity index (χ1v) is 9.41. The van der Waals surface area contributed by atoms with Crippen LogP contribution in [0.2, 0.25) is 10.0 Å². The second-order valence-electron chi connectivity index (χ2n) is 5.65. The summed E-state index contributed by atoms with van der Waals surface area (Å²) < 4.78 is 20.0. The summed E-state index contributed by atoms with van der Waals surface area (Å²) >= 11 is 15.6. The highest BCUT2D eigenvalue weighted by Gasteiger charge is 2.07. The standard InChI is InChI=1S/C20H15BrCl2FNO/c21-18-6-5-17(10-19(18)23)25-11-14-9-15(22)4-7-20(14)26-12-13-2-1-3-16(24)8-13/h1-10,25H,11-12H2. The number of ether oxygens (including phenoxy) is 1. The van der Waals surface area contributed by atoms with Gasteiger partial charge in [-0.15, -0.1) is 0 Å². The van der Waals surface area contributed by atoms with E-state index in [0.29, 0.717) is 22.3 Å². The molecule has 0 heterocycles. The highest BCUT2D eigenvalue weighted by Crippen LogP contribution is 2.28. The molecule has 0 aliphatic heterocycles. The van der Waals surface area contributed by atoms with Gasteiger partial charge in [0.15, 0.2) is 0 Å². The van der Waals surface area contributed by atoms with Gasteiger partial charge < -0.3 is 10.1 Å². The molecule has 6 heteroatoms. The van der Waals surface area contributed by atoms with Crippen LogP contribution >= 0.6 is 39.1 Å². The van der Waals surface area contributed by atoms with Crippen molar-refractivity contribution in [1.82, 2.24) is 0 Å². The van der Waals surface area contributed by atoms with Crippen molar-refractivity contribution >= 4 is 44.8 Å². The van der Waals surface area contributed by atoms with E-state index in [4.69, 9.17) is 27.9 Å². The number of hydrogen-bond acceptors (Lipinski definition) is 2. The smallest absolute Gasteiger partial charge is 0.124 e. The molecule has 0 saturated heterocycles. The maximum Gasteiger partial charge on any atom is 0.124 e. The summed E-state index contributed by atoms with van der Waals surface area (Å²) in [6, 6.07) is 17.4. The fourth-order valence-electron chi connectivity index (χ4n) is 2.42. The molecule has 0 amide bonds. The van der Waals surface area contributed by atoms with E-state index in [1.165, 1.54) is 12.1 Å². The van der Waals surface area contributed by atoms with Gasteiger partial charge in [-0.2, -0.15) is 0 Å². The average molecular weight is 455 g/mol. The van der Waals surface area contributed by atoms with Crippen LogP contribution in [0, 0.1) is 5.82 Å². The van der Waals surface area contributed by atoms with E-state index >= 15 is 0 Å². The number of nitrogens with one attached hydrogen (secondary N) is 1. The molecule has 0 unspecified atom stereocenters. The molecule has 3 aromatic rings. The van der Waals surface area contributed by atoms with Crippen LogP contribution in [0.4, 0.5) is 10.1 Å². The predicted molar refractivity (Wildman–Crippen MR) is 109 cm³/mol. The van der Waals surface area contributed by atoms with Gasteiger partial charge in [-0.3, -0.25) is 0 Å². The van der Waals surface area contributed by atoms with Crippen LogP contribution in [-0.4, -0.2) is 0 Å². The molecule has 0 fully saturated rings. The summed E-state index contributed by atoms with van der Waals surface area (Å²) in [4.78, 5) is 0. The van der Waals surface area contributed by atoms with Gasteiger partial charge in [-0.25, -0.2) is 4.39 Å². The van der Waals surface area contributed by atoms with Crippen LogP contribution in [0.1, 0.15) is 11.1 Å². The third-order valence-corrected chi connectivity index (χ3v) is 5.18. The molecule has 26 heavy (non-hydrogen) atoms. The van der Waals surface area contributed by atoms with Gasteiger partial charge in [0.1, 0.15) is 18.2 Å². The number of hydrogen-bond donors (Lipinski definition) is 1. The Kier molecular flexibility index (Phi) is 6.41. The van der Waals surface area contributed by atoms with Gasteiger partial charge in [-0.1, -0.05) is 35.3 Å². The fourth-order valence-corrected chi connectivity index (χ4v) is 3.04. The highest BCUT2D eigenvalue weighted by molar-refractivity contribution is 9.10. The summed E-state index contributed by atoms with van der Waals surface area (Å²) in [5.41, 5.74) is 2.54. The lowest BCUT2D eigenvalue weighted by Crippen LogP contribution is -2.04. The van der Waals surface area contributed by atoms with Crippen molar-refractivity contribution in [3.8, 4) is 5.75 Å². The summed E-state index contributed by atoms with van der Waals surface area (Å²) in [6.45, 7) is 0.785. The molecule has 2 nitrogen and oxygen atoms in total. The monoisotopic (exact) mass is 453 g/mol. The van der Waals surface area contributed by atoms with Crippen molar-refractivity contribution in [3.63, 3.8) is 0 Å². The van der Waals surface area contributed by atoms with E-state index in [1.54, 1.807) is 12.1 Å². The minimum atomic E-state index is -0.281. The normalized spacial score (nSPS) is 10.6. The minimum Gasteiger partial charge on any atom is -0.489 e. The zero-order valence-electron chi connectivity index (χ0n) is 13.6. The molecule has 134 valence electrons. The Bertz CT molecular complexity index is 920. The Morgan fingerprint density at radius 3 is 2.62 bits per heavy atom. The summed E-state index contributed by atoms with van der Waals surface area (Å²) in [6.07, 6.45) is 0. The van der Waals surface area contributed by atoms with E-state index in [2.05, 4.69) is 21.2 Å². The molecule has 3 rings (SSSR count). The fraction of sp³-hybridized carbons (Fsp3) is 0.100. The van der Waals surface area contributed by atoms with Crippen LogP contribution < -0.4 is 10.1 Å². The molecule has 0 aliphatic carbocycles. The lowest BCUT2D eigenvalue weighted by molar-refractivity contribution is 0.302. The molecule has 0 aromatic heterocycles. The molecular weight excluding hydrogens is 440 g/mol. The third-order valence-electron chi connectivity index (χ3n) is 3.71. The first-order valence-electron chi connectivity index (χ1n) is 7.86. The Labute approximate surface area is 170 Å². The first kappa shape index (κ1) is 19.0. The van der Waals surface area contributed by atoms with Crippen LogP contribution in [0.5, 0.6) is 5.75 Å². The first-order chi connectivity index (χ1) is 12.5. The molecule has 0 aliphatic rings. The number of rotatable bonds is 6. The summed E-state index contributed by atoms with van der Waals surface area (Å²) in [5.74, 6) is 0.408. The number of benzene rings is 3. The number of anilines is 1. The van der Waals surface area contributed by atoms with Crippen molar-refractivity contribution in [1.29, 1.82) is 0 Å². The van der Waals surface area contributed by atoms with Crippen molar-refractivity contribution in [3.05, 3.63) is 92.1 Å². The zero-order valence-corrected chi connectivity index (χ0v) is 16.7. The molecule has 3 aromatic carbocycles. The summed E-state index contributed by atoms with van der Waals surface area (Å²) in [7, 11) is 0. The topological polar surface area (TPSA) is 21.3 Å². The Hall–Kier alpha value is -1.75. The lowest BCUT2D eigenvalue weighted by atomic mass is 10.2. The average Bonchev–Trinajstić information content (AvgIpc) is 2.62. The highest BCUT2D eigenvalue weighted by atomic mass is 79.9. The van der Waals surface area contributed by atoms with E-state index in [0.717, 1.165) is 21.3 Å². The van der Waals surface area contributed by atoms with Gasteiger partial charge in [-0.05, 0) is 70.0 Å². The maximum absolute atomic E-state index is 13.3. The molecule has 0 radical (unpaired) electrons.